The Morgan fingerprint density at radius 1 is 1.33 bits per heavy atom. The van der Waals surface area contributed by atoms with Crippen molar-refractivity contribution < 1.29 is 19.0 Å². The van der Waals surface area contributed by atoms with Gasteiger partial charge in [-0.05, 0) is 31.0 Å². The lowest BCUT2D eigenvalue weighted by molar-refractivity contribution is 0.0953. The van der Waals surface area contributed by atoms with E-state index in [1.165, 1.54) is 0 Å². The van der Waals surface area contributed by atoms with E-state index in [0.717, 1.165) is 36.2 Å². The van der Waals surface area contributed by atoms with E-state index in [-0.39, 0.29) is 12.7 Å². The molecule has 2 aromatic rings. The van der Waals surface area contributed by atoms with Crippen LogP contribution in [0.3, 0.4) is 0 Å². The SMILES string of the molecule is Cn1c(CCNC(=O)c2ccc3c(c2)OCO3)nnc1SC[C@H]1CCCO1. The van der Waals surface area contributed by atoms with Crippen LogP contribution < -0.4 is 14.8 Å². The summed E-state index contributed by atoms with van der Waals surface area (Å²) in [5.41, 5.74) is 0.546. The van der Waals surface area contributed by atoms with Crippen LogP contribution in [0, 0.1) is 0 Å². The summed E-state index contributed by atoms with van der Waals surface area (Å²) in [6, 6.07) is 5.17. The lowest BCUT2D eigenvalue weighted by Crippen LogP contribution is -2.26. The van der Waals surface area contributed by atoms with Crippen LogP contribution in [0.25, 0.3) is 0 Å². The molecule has 0 unspecified atom stereocenters. The quantitative estimate of drug-likeness (QED) is 0.721. The number of hydrogen-bond donors (Lipinski definition) is 1. The van der Waals surface area contributed by atoms with Gasteiger partial charge in [-0.15, -0.1) is 10.2 Å². The van der Waals surface area contributed by atoms with E-state index >= 15 is 0 Å². The smallest absolute Gasteiger partial charge is 0.251 e. The predicted molar refractivity (Wildman–Crippen MR) is 99.3 cm³/mol. The summed E-state index contributed by atoms with van der Waals surface area (Å²) >= 11 is 1.66. The highest BCUT2D eigenvalue weighted by atomic mass is 32.2. The predicted octanol–water partition coefficient (Wildman–Crippen LogP) is 1.79. The maximum Gasteiger partial charge on any atom is 0.251 e. The number of carbonyl (C=O) groups is 1. The van der Waals surface area contributed by atoms with E-state index in [1.54, 1.807) is 30.0 Å². The van der Waals surface area contributed by atoms with Crippen molar-refractivity contribution in [3.63, 3.8) is 0 Å². The van der Waals surface area contributed by atoms with Gasteiger partial charge in [0.05, 0.1) is 6.10 Å². The first-order valence-corrected chi connectivity index (χ1v) is 10.00. The Hall–Kier alpha value is -2.26. The third-order valence-electron chi connectivity index (χ3n) is 4.62. The fraction of sp³-hybridized carbons (Fsp3) is 0.500. The molecule has 0 bridgehead atoms. The van der Waals surface area contributed by atoms with Crippen LogP contribution in [-0.4, -0.2) is 52.5 Å². The number of ether oxygens (including phenoxy) is 3. The van der Waals surface area contributed by atoms with Gasteiger partial charge in [0.25, 0.3) is 5.91 Å². The number of thioether (sulfide) groups is 1. The molecule has 4 rings (SSSR count). The second kappa shape index (κ2) is 8.18. The average Bonchev–Trinajstić information content (AvgIpc) is 3.41. The van der Waals surface area contributed by atoms with E-state index < -0.39 is 0 Å². The molecule has 0 radical (unpaired) electrons. The Labute approximate surface area is 161 Å². The van der Waals surface area contributed by atoms with E-state index in [1.807, 2.05) is 11.6 Å². The molecular formula is C18H22N4O4S. The van der Waals surface area contributed by atoms with Crippen LogP contribution >= 0.6 is 11.8 Å². The van der Waals surface area contributed by atoms with Gasteiger partial charge in [-0.2, -0.15) is 0 Å². The van der Waals surface area contributed by atoms with Gasteiger partial charge in [0.2, 0.25) is 6.79 Å². The lowest BCUT2D eigenvalue weighted by atomic mass is 10.2. The van der Waals surface area contributed by atoms with E-state index in [0.29, 0.717) is 36.1 Å². The van der Waals surface area contributed by atoms with Crippen LogP contribution in [0.1, 0.15) is 29.0 Å². The van der Waals surface area contributed by atoms with Gasteiger partial charge in [-0.25, -0.2) is 0 Å². The zero-order valence-corrected chi connectivity index (χ0v) is 16.0. The molecule has 8 nitrogen and oxygen atoms in total. The third kappa shape index (κ3) is 4.19. The Bertz CT molecular complexity index is 820. The van der Waals surface area contributed by atoms with Gasteiger partial charge in [-0.3, -0.25) is 4.79 Å². The second-order valence-corrected chi connectivity index (χ2v) is 7.46. The first kappa shape index (κ1) is 18.1. The average molecular weight is 390 g/mol. The number of aromatic nitrogens is 3. The Balaban J connectivity index is 1.27. The molecule has 1 fully saturated rings. The molecule has 0 aliphatic carbocycles. The zero-order valence-electron chi connectivity index (χ0n) is 15.1. The Morgan fingerprint density at radius 2 is 2.22 bits per heavy atom. The van der Waals surface area contributed by atoms with Gasteiger partial charge in [-0.1, -0.05) is 11.8 Å². The summed E-state index contributed by atoms with van der Waals surface area (Å²) in [6.07, 6.45) is 3.18. The van der Waals surface area contributed by atoms with Crippen molar-refractivity contribution >= 4 is 17.7 Å². The first-order valence-electron chi connectivity index (χ1n) is 9.01. The highest BCUT2D eigenvalue weighted by molar-refractivity contribution is 7.99. The number of nitrogens with zero attached hydrogens (tertiary/aromatic N) is 3. The second-order valence-electron chi connectivity index (χ2n) is 6.48. The highest BCUT2D eigenvalue weighted by Crippen LogP contribution is 2.32. The number of hydrogen-bond acceptors (Lipinski definition) is 7. The fourth-order valence-electron chi connectivity index (χ4n) is 3.06. The van der Waals surface area contributed by atoms with Crippen molar-refractivity contribution in [2.24, 2.45) is 7.05 Å². The minimum atomic E-state index is -0.150. The third-order valence-corrected chi connectivity index (χ3v) is 5.77. The van der Waals surface area contributed by atoms with Crippen LogP contribution in [0.2, 0.25) is 0 Å². The van der Waals surface area contributed by atoms with E-state index in [9.17, 15) is 4.79 Å². The molecule has 1 N–H and O–H groups in total. The standard InChI is InChI=1S/C18H22N4O4S/c1-22-16(20-21-18(22)27-10-13-3-2-8-24-13)6-7-19-17(23)12-4-5-14-15(9-12)26-11-25-14/h4-5,9,13H,2-3,6-8,10-11H2,1H3,(H,19,23)/t13-/m1/s1. The minimum absolute atomic E-state index is 0.150. The zero-order chi connectivity index (χ0) is 18.6. The normalized spacial score (nSPS) is 18.0. The molecule has 9 heteroatoms. The molecule has 2 aliphatic heterocycles. The number of amides is 1. The molecule has 27 heavy (non-hydrogen) atoms. The van der Waals surface area contributed by atoms with Crippen molar-refractivity contribution in [3.05, 3.63) is 29.6 Å². The van der Waals surface area contributed by atoms with E-state index in [2.05, 4.69) is 15.5 Å². The van der Waals surface area contributed by atoms with Gasteiger partial charge < -0.3 is 24.1 Å². The van der Waals surface area contributed by atoms with Crippen molar-refractivity contribution in [1.29, 1.82) is 0 Å². The molecule has 2 aliphatic rings. The van der Waals surface area contributed by atoms with Gasteiger partial charge >= 0.3 is 0 Å². The summed E-state index contributed by atoms with van der Waals surface area (Å²) in [7, 11) is 1.95. The van der Waals surface area contributed by atoms with Gasteiger partial charge in [0.15, 0.2) is 16.7 Å². The van der Waals surface area contributed by atoms with Crippen molar-refractivity contribution in [2.45, 2.75) is 30.5 Å². The maximum atomic E-state index is 12.3. The van der Waals surface area contributed by atoms with Crippen molar-refractivity contribution in [3.8, 4) is 11.5 Å². The number of benzene rings is 1. The van der Waals surface area contributed by atoms with Gasteiger partial charge in [0, 0.05) is 37.9 Å². The minimum Gasteiger partial charge on any atom is -0.454 e. The molecule has 0 spiro atoms. The number of fused-ring (bicyclic) bond motifs is 1. The van der Waals surface area contributed by atoms with Gasteiger partial charge in [0.1, 0.15) is 5.82 Å². The molecule has 1 atom stereocenters. The summed E-state index contributed by atoms with van der Waals surface area (Å²) < 4.78 is 18.2. The molecule has 3 heterocycles. The largest absolute Gasteiger partial charge is 0.454 e. The highest BCUT2D eigenvalue weighted by Gasteiger charge is 2.18. The molecular weight excluding hydrogens is 368 g/mol. The Morgan fingerprint density at radius 3 is 3.07 bits per heavy atom. The first-order chi connectivity index (χ1) is 13.2. The van der Waals surface area contributed by atoms with Crippen LogP contribution in [0.5, 0.6) is 11.5 Å². The molecule has 1 amide bonds. The van der Waals surface area contributed by atoms with Crippen molar-refractivity contribution in [2.75, 3.05) is 25.7 Å². The molecule has 1 aromatic heterocycles. The van der Waals surface area contributed by atoms with E-state index in [4.69, 9.17) is 14.2 Å². The molecule has 0 saturated carbocycles. The van der Waals surface area contributed by atoms with Crippen LogP contribution in [0.15, 0.2) is 23.4 Å². The topological polar surface area (TPSA) is 87.5 Å². The number of nitrogens with one attached hydrogen (secondary N) is 1. The number of rotatable bonds is 7. The lowest BCUT2D eigenvalue weighted by Gasteiger charge is -2.09. The number of carbonyl (C=O) groups excluding carboxylic acids is 1. The summed E-state index contributed by atoms with van der Waals surface area (Å²) in [6.45, 7) is 1.54. The van der Waals surface area contributed by atoms with Crippen LogP contribution in [-0.2, 0) is 18.2 Å². The van der Waals surface area contributed by atoms with Crippen LogP contribution in [0.4, 0.5) is 0 Å². The molecule has 1 saturated heterocycles. The maximum absolute atomic E-state index is 12.3. The summed E-state index contributed by atoms with van der Waals surface area (Å²) in [4.78, 5) is 12.3. The fourth-order valence-corrected chi connectivity index (χ4v) is 4.05. The summed E-state index contributed by atoms with van der Waals surface area (Å²) in [5, 5.41) is 12.3. The molecule has 1 aromatic carbocycles. The van der Waals surface area contributed by atoms with Crippen molar-refractivity contribution in [1.82, 2.24) is 20.1 Å². The summed E-state index contributed by atoms with van der Waals surface area (Å²) in [5.74, 6) is 2.86. The Kier molecular flexibility index (Phi) is 5.49. The molecule has 144 valence electrons. The monoisotopic (exact) mass is 390 g/mol.